The summed E-state index contributed by atoms with van der Waals surface area (Å²) >= 11 is 0. The predicted octanol–water partition coefficient (Wildman–Crippen LogP) is 6.38. The molecule has 2 aliphatic rings. The van der Waals surface area contributed by atoms with E-state index >= 15 is 0 Å². The Kier molecular flexibility index (Phi) is 7.75. The highest BCUT2D eigenvalue weighted by Gasteiger charge is 2.26. The van der Waals surface area contributed by atoms with Gasteiger partial charge in [-0.25, -0.2) is 9.98 Å². The van der Waals surface area contributed by atoms with Crippen molar-refractivity contribution >= 4 is 16.9 Å². The average Bonchev–Trinajstić information content (AvgIpc) is 3.20. The zero-order chi connectivity index (χ0) is 25.1. The van der Waals surface area contributed by atoms with Crippen molar-refractivity contribution in [1.82, 2.24) is 19.6 Å². The zero-order valence-corrected chi connectivity index (χ0v) is 22.5. The minimum Gasteiger partial charge on any atom is -0.347 e. The Bertz CT molecular complexity index is 1220. The predicted molar refractivity (Wildman–Crippen MR) is 149 cm³/mol. The minimum atomic E-state index is -0.0863. The van der Waals surface area contributed by atoms with Crippen LogP contribution >= 0.6 is 0 Å². The molecule has 186 valence electrons. The van der Waals surface area contributed by atoms with Gasteiger partial charge in [0.1, 0.15) is 5.65 Å². The summed E-state index contributed by atoms with van der Waals surface area (Å²) in [5.74, 6) is 0.981. The van der Waals surface area contributed by atoms with Gasteiger partial charge in [-0.3, -0.25) is 9.72 Å². The molecular formula is C30H41N5. The van der Waals surface area contributed by atoms with E-state index in [0.29, 0.717) is 11.8 Å². The molecule has 2 unspecified atom stereocenters. The lowest BCUT2D eigenvalue weighted by Gasteiger charge is -2.29. The zero-order valence-electron chi connectivity index (χ0n) is 22.5. The summed E-state index contributed by atoms with van der Waals surface area (Å²) in [4.78, 5) is 12.5. The second-order valence-electron chi connectivity index (χ2n) is 10.5. The molecule has 1 N–H and O–H groups in total. The van der Waals surface area contributed by atoms with Crippen LogP contribution in [0.15, 0.2) is 65.0 Å². The number of hydrogen-bond donors (Lipinski definition) is 1. The lowest BCUT2D eigenvalue weighted by molar-refractivity contribution is 0.272. The van der Waals surface area contributed by atoms with E-state index in [-0.39, 0.29) is 6.29 Å². The quantitative estimate of drug-likeness (QED) is 0.454. The topological polar surface area (TPSA) is 44.9 Å². The van der Waals surface area contributed by atoms with E-state index in [1.807, 2.05) is 0 Å². The second kappa shape index (κ2) is 10.8. The van der Waals surface area contributed by atoms with Gasteiger partial charge in [0.2, 0.25) is 0 Å². The van der Waals surface area contributed by atoms with Crippen molar-refractivity contribution in [2.24, 2.45) is 16.8 Å². The molecule has 1 aliphatic carbocycles. The maximum atomic E-state index is 5.22. The number of fused-ring (bicyclic) bond motifs is 1. The van der Waals surface area contributed by atoms with Gasteiger partial charge in [-0.05, 0) is 74.3 Å². The van der Waals surface area contributed by atoms with E-state index in [1.54, 1.807) is 0 Å². The highest BCUT2D eigenvalue weighted by atomic mass is 15.3. The number of imidazole rings is 1. The molecule has 0 aromatic carbocycles. The summed E-state index contributed by atoms with van der Waals surface area (Å²) in [6, 6.07) is 4.48. The van der Waals surface area contributed by atoms with Crippen LogP contribution in [0.4, 0.5) is 0 Å². The fourth-order valence-electron chi connectivity index (χ4n) is 4.91. The number of aromatic nitrogens is 2. The van der Waals surface area contributed by atoms with Crippen LogP contribution in [0.3, 0.4) is 0 Å². The van der Waals surface area contributed by atoms with Gasteiger partial charge in [-0.2, -0.15) is 0 Å². The number of pyridine rings is 1. The number of nitrogens with one attached hydrogen (secondary N) is 1. The second-order valence-corrected chi connectivity index (χ2v) is 10.5. The Morgan fingerprint density at radius 3 is 2.77 bits per heavy atom. The standard InChI is InChI=1S/C30H41N5/c1-8-23(9-2)17-24-12-15-35-27(18-24)33-28(25-11-10-21(5)16-22(25)6)29(35)26-13-14-34(7)30(32-26)31-19-20(3)4/h8,10-15,18,20,22,30-31H,9,16-17,19H2,1-7H3/b23-8-. The third kappa shape index (κ3) is 5.51. The minimum absolute atomic E-state index is 0.0863. The maximum absolute atomic E-state index is 5.22. The van der Waals surface area contributed by atoms with Gasteiger partial charge in [-0.15, -0.1) is 0 Å². The molecule has 0 saturated heterocycles. The summed E-state index contributed by atoms with van der Waals surface area (Å²) in [6.07, 6.45) is 16.2. The van der Waals surface area contributed by atoms with Crippen LogP contribution in [0.2, 0.25) is 0 Å². The Balaban J connectivity index is 1.84. The van der Waals surface area contributed by atoms with E-state index in [4.69, 9.17) is 9.98 Å². The number of nitrogens with zero attached hydrogens (tertiary/aromatic N) is 4. The third-order valence-corrected chi connectivity index (χ3v) is 7.03. The molecule has 5 heteroatoms. The third-order valence-electron chi connectivity index (χ3n) is 7.03. The summed E-state index contributed by atoms with van der Waals surface area (Å²) in [5.41, 5.74) is 9.56. The number of rotatable bonds is 8. The van der Waals surface area contributed by atoms with Crippen LogP contribution in [-0.4, -0.2) is 39.9 Å². The molecule has 3 heterocycles. The first-order valence-electron chi connectivity index (χ1n) is 13.0. The first-order valence-corrected chi connectivity index (χ1v) is 13.0. The molecule has 0 amide bonds. The Morgan fingerprint density at radius 2 is 2.09 bits per heavy atom. The fraction of sp³-hybridized carbons (Fsp3) is 0.467. The molecule has 0 fully saturated rings. The molecule has 1 aliphatic heterocycles. The molecule has 35 heavy (non-hydrogen) atoms. The van der Waals surface area contributed by atoms with E-state index in [9.17, 15) is 0 Å². The monoisotopic (exact) mass is 471 g/mol. The summed E-state index contributed by atoms with van der Waals surface area (Å²) < 4.78 is 2.23. The lowest BCUT2D eigenvalue weighted by Crippen LogP contribution is -2.43. The largest absolute Gasteiger partial charge is 0.347 e. The maximum Gasteiger partial charge on any atom is 0.176 e. The molecule has 0 bridgehead atoms. The van der Waals surface area contributed by atoms with Crippen molar-refractivity contribution in [2.45, 2.75) is 67.1 Å². The van der Waals surface area contributed by atoms with Gasteiger partial charge < -0.3 is 4.90 Å². The normalized spacial score (nSPS) is 21.0. The summed E-state index contributed by atoms with van der Waals surface area (Å²) in [6.45, 7) is 14.2. The van der Waals surface area contributed by atoms with Gasteiger partial charge in [0, 0.05) is 26.0 Å². The molecule has 2 atom stereocenters. The van der Waals surface area contributed by atoms with Crippen molar-refractivity contribution in [3.8, 4) is 0 Å². The van der Waals surface area contributed by atoms with E-state index < -0.39 is 0 Å². The van der Waals surface area contributed by atoms with Crippen LogP contribution in [0.1, 0.15) is 71.3 Å². The lowest BCUT2D eigenvalue weighted by atomic mass is 9.86. The van der Waals surface area contributed by atoms with Crippen molar-refractivity contribution in [3.63, 3.8) is 0 Å². The van der Waals surface area contributed by atoms with Crippen LogP contribution < -0.4 is 5.32 Å². The Labute approximate surface area is 211 Å². The highest BCUT2D eigenvalue weighted by molar-refractivity contribution is 6.11. The van der Waals surface area contributed by atoms with Crippen LogP contribution in [0.25, 0.3) is 11.2 Å². The van der Waals surface area contributed by atoms with Crippen LogP contribution in [0.5, 0.6) is 0 Å². The van der Waals surface area contributed by atoms with Gasteiger partial charge in [-0.1, -0.05) is 57.1 Å². The van der Waals surface area contributed by atoms with E-state index in [0.717, 1.165) is 48.6 Å². The molecule has 2 aromatic heterocycles. The molecule has 0 spiro atoms. The Morgan fingerprint density at radius 1 is 1.29 bits per heavy atom. The molecular weight excluding hydrogens is 430 g/mol. The van der Waals surface area contributed by atoms with Gasteiger partial charge in [0.05, 0.1) is 17.1 Å². The number of aliphatic imine (C=N–C) groups is 1. The smallest absolute Gasteiger partial charge is 0.176 e. The fourth-order valence-corrected chi connectivity index (χ4v) is 4.91. The first kappa shape index (κ1) is 25.2. The van der Waals surface area contributed by atoms with Gasteiger partial charge in [0.25, 0.3) is 0 Å². The van der Waals surface area contributed by atoms with Crippen molar-refractivity contribution < 1.29 is 0 Å². The van der Waals surface area contributed by atoms with Crippen molar-refractivity contribution in [2.75, 3.05) is 13.6 Å². The van der Waals surface area contributed by atoms with Crippen molar-refractivity contribution in [1.29, 1.82) is 0 Å². The van der Waals surface area contributed by atoms with E-state index in [2.05, 4.69) is 112 Å². The SMILES string of the molecule is C/C=C(/CC)Cc1ccn2c(C3=NC(NCC(C)C)N(C)C=C3)c(C3=CC=C(C)CC3C)nc2c1. The average molecular weight is 472 g/mol. The highest BCUT2D eigenvalue weighted by Crippen LogP contribution is 2.35. The Hall–Kier alpha value is -2.92. The summed E-state index contributed by atoms with van der Waals surface area (Å²) in [5, 5.41) is 3.60. The van der Waals surface area contributed by atoms with Crippen LogP contribution in [0, 0.1) is 11.8 Å². The molecule has 0 radical (unpaired) electrons. The molecule has 5 nitrogen and oxygen atoms in total. The van der Waals surface area contributed by atoms with E-state index in [1.165, 1.54) is 22.3 Å². The van der Waals surface area contributed by atoms with Crippen LogP contribution in [-0.2, 0) is 6.42 Å². The molecule has 4 rings (SSSR count). The van der Waals surface area contributed by atoms with Crippen molar-refractivity contribution in [3.05, 3.63) is 76.9 Å². The molecule has 2 aromatic rings. The number of hydrogen-bond acceptors (Lipinski definition) is 4. The summed E-state index contributed by atoms with van der Waals surface area (Å²) in [7, 11) is 2.07. The van der Waals surface area contributed by atoms with Gasteiger partial charge in [0.15, 0.2) is 6.29 Å². The van der Waals surface area contributed by atoms with Gasteiger partial charge >= 0.3 is 0 Å². The molecule has 0 saturated carbocycles. The number of allylic oxidation sites excluding steroid dienone is 7. The first-order chi connectivity index (χ1) is 16.8.